The van der Waals surface area contributed by atoms with Crippen molar-refractivity contribution in [1.82, 2.24) is 0 Å². The molecule has 1 atom stereocenters. The molecule has 1 fully saturated rings. The second-order valence-corrected chi connectivity index (χ2v) is 6.78. The Bertz CT molecular complexity index is 740. The molecule has 1 saturated heterocycles. The van der Waals surface area contributed by atoms with Gasteiger partial charge in [0.2, 0.25) is 0 Å². The van der Waals surface area contributed by atoms with Gasteiger partial charge in [-0.05, 0) is 77.9 Å². The van der Waals surface area contributed by atoms with Crippen molar-refractivity contribution in [3.05, 3.63) is 57.7 Å². The zero-order valence-corrected chi connectivity index (χ0v) is 15.1. The van der Waals surface area contributed by atoms with Gasteiger partial charge in [0, 0.05) is 27.1 Å². The Balaban J connectivity index is 1.60. The molecule has 1 heterocycles. The van der Waals surface area contributed by atoms with Crippen molar-refractivity contribution in [2.24, 2.45) is 0 Å². The SMILES string of the molecule is O=C(Nc1ccc(NC(=O)[C@H]2CCCO2)cc1)c1cccc(I)c1. The predicted molar refractivity (Wildman–Crippen MR) is 101 cm³/mol. The van der Waals surface area contributed by atoms with E-state index in [0.29, 0.717) is 23.5 Å². The number of halogens is 1. The lowest BCUT2D eigenvalue weighted by Gasteiger charge is -2.11. The van der Waals surface area contributed by atoms with Crippen LogP contribution in [-0.4, -0.2) is 24.5 Å². The summed E-state index contributed by atoms with van der Waals surface area (Å²) in [6.07, 6.45) is 1.32. The molecule has 0 unspecified atom stereocenters. The van der Waals surface area contributed by atoms with Crippen LogP contribution in [0.15, 0.2) is 48.5 Å². The summed E-state index contributed by atoms with van der Waals surface area (Å²) >= 11 is 2.17. The number of hydrogen-bond donors (Lipinski definition) is 2. The number of hydrogen-bond acceptors (Lipinski definition) is 3. The fourth-order valence-corrected chi connectivity index (χ4v) is 3.02. The van der Waals surface area contributed by atoms with Crippen LogP contribution in [0.1, 0.15) is 23.2 Å². The number of nitrogens with one attached hydrogen (secondary N) is 2. The fraction of sp³-hybridized carbons (Fsp3) is 0.222. The molecule has 1 aliphatic rings. The van der Waals surface area contributed by atoms with E-state index in [2.05, 4.69) is 33.2 Å². The average molecular weight is 436 g/mol. The van der Waals surface area contributed by atoms with Gasteiger partial charge >= 0.3 is 0 Å². The van der Waals surface area contributed by atoms with Gasteiger partial charge in [-0.15, -0.1) is 0 Å². The Labute approximate surface area is 153 Å². The Kier molecular flexibility index (Phi) is 5.47. The van der Waals surface area contributed by atoms with Crippen molar-refractivity contribution < 1.29 is 14.3 Å². The summed E-state index contributed by atoms with van der Waals surface area (Å²) in [7, 11) is 0. The molecule has 0 aromatic heterocycles. The maximum Gasteiger partial charge on any atom is 0.255 e. The van der Waals surface area contributed by atoms with Gasteiger partial charge in [-0.2, -0.15) is 0 Å². The first-order valence-electron chi connectivity index (χ1n) is 7.71. The molecule has 24 heavy (non-hydrogen) atoms. The molecule has 2 aromatic carbocycles. The van der Waals surface area contributed by atoms with Crippen LogP contribution < -0.4 is 10.6 Å². The minimum Gasteiger partial charge on any atom is -0.368 e. The summed E-state index contributed by atoms with van der Waals surface area (Å²) in [5.41, 5.74) is 1.97. The lowest BCUT2D eigenvalue weighted by Crippen LogP contribution is -2.26. The van der Waals surface area contributed by atoms with E-state index in [-0.39, 0.29) is 17.9 Å². The van der Waals surface area contributed by atoms with Crippen LogP contribution in [0.25, 0.3) is 0 Å². The van der Waals surface area contributed by atoms with Gasteiger partial charge in [0.15, 0.2) is 0 Å². The largest absolute Gasteiger partial charge is 0.368 e. The molecule has 2 amide bonds. The van der Waals surface area contributed by atoms with E-state index in [0.717, 1.165) is 16.4 Å². The Morgan fingerprint density at radius 3 is 2.38 bits per heavy atom. The molecule has 2 N–H and O–H groups in total. The van der Waals surface area contributed by atoms with Gasteiger partial charge in [0.25, 0.3) is 11.8 Å². The molecule has 0 bridgehead atoms. The molecule has 3 rings (SSSR count). The third-order valence-corrected chi connectivity index (χ3v) is 4.39. The molecule has 6 heteroatoms. The highest BCUT2D eigenvalue weighted by Gasteiger charge is 2.23. The topological polar surface area (TPSA) is 67.4 Å². The standard InChI is InChI=1S/C18H17IN2O3/c19-13-4-1-3-12(11-13)17(22)20-14-6-8-15(9-7-14)21-18(23)16-5-2-10-24-16/h1,3-4,6-9,11,16H,2,5,10H2,(H,20,22)(H,21,23)/t16-/m1/s1. The van der Waals surface area contributed by atoms with Crippen LogP contribution in [0.5, 0.6) is 0 Å². The summed E-state index contributed by atoms with van der Waals surface area (Å²) in [6.45, 7) is 0.640. The van der Waals surface area contributed by atoms with Crippen molar-refractivity contribution in [3.63, 3.8) is 0 Å². The third kappa shape index (κ3) is 4.33. The highest BCUT2D eigenvalue weighted by molar-refractivity contribution is 14.1. The molecule has 0 aliphatic carbocycles. The minimum absolute atomic E-state index is 0.122. The monoisotopic (exact) mass is 436 g/mol. The molecule has 2 aromatic rings. The molecular weight excluding hydrogens is 419 g/mol. The van der Waals surface area contributed by atoms with Crippen molar-refractivity contribution in [1.29, 1.82) is 0 Å². The van der Waals surface area contributed by atoms with Crippen LogP contribution in [0.4, 0.5) is 11.4 Å². The Morgan fingerprint density at radius 1 is 1.04 bits per heavy atom. The van der Waals surface area contributed by atoms with E-state index in [4.69, 9.17) is 4.74 Å². The molecule has 0 radical (unpaired) electrons. The van der Waals surface area contributed by atoms with E-state index in [1.54, 1.807) is 30.3 Å². The summed E-state index contributed by atoms with van der Waals surface area (Å²) in [6, 6.07) is 14.4. The maximum absolute atomic E-state index is 12.2. The second-order valence-electron chi connectivity index (χ2n) is 5.53. The van der Waals surface area contributed by atoms with Gasteiger partial charge < -0.3 is 15.4 Å². The molecule has 1 aliphatic heterocycles. The number of anilines is 2. The summed E-state index contributed by atoms with van der Waals surface area (Å²) < 4.78 is 6.36. The van der Waals surface area contributed by atoms with Crippen LogP contribution >= 0.6 is 22.6 Å². The smallest absolute Gasteiger partial charge is 0.255 e. The first-order valence-corrected chi connectivity index (χ1v) is 8.79. The average Bonchev–Trinajstić information content (AvgIpc) is 3.11. The van der Waals surface area contributed by atoms with Crippen molar-refractivity contribution >= 4 is 45.8 Å². The maximum atomic E-state index is 12.2. The molecule has 5 nitrogen and oxygen atoms in total. The van der Waals surface area contributed by atoms with Crippen molar-refractivity contribution in [2.75, 3.05) is 17.2 Å². The van der Waals surface area contributed by atoms with Crippen molar-refractivity contribution in [2.45, 2.75) is 18.9 Å². The van der Waals surface area contributed by atoms with Gasteiger partial charge in [-0.25, -0.2) is 0 Å². The molecule has 0 spiro atoms. The van der Waals surface area contributed by atoms with Gasteiger partial charge in [-0.3, -0.25) is 9.59 Å². The first kappa shape index (κ1) is 16.9. The van der Waals surface area contributed by atoms with E-state index < -0.39 is 0 Å². The summed E-state index contributed by atoms with van der Waals surface area (Å²) in [5.74, 6) is -0.284. The van der Waals surface area contributed by atoms with Crippen LogP contribution in [-0.2, 0) is 9.53 Å². The number of carbonyl (C=O) groups is 2. The third-order valence-electron chi connectivity index (χ3n) is 3.72. The zero-order chi connectivity index (χ0) is 16.9. The van der Waals surface area contributed by atoms with Gasteiger partial charge in [0.05, 0.1) is 0 Å². The summed E-state index contributed by atoms with van der Waals surface area (Å²) in [5, 5.41) is 5.67. The lowest BCUT2D eigenvalue weighted by atomic mass is 10.2. The quantitative estimate of drug-likeness (QED) is 0.720. The first-order chi connectivity index (χ1) is 11.6. The highest BCUT2D eigenvalue weighted by Crippen LogP contribution is 2.18. The van der Waals surface area contributed by atoms with Crippen molar-refractivity contribution in [3.8, 4) is 0 Å². The number of benzene rings is 2. The minimum atomic E-state index is -0.357. The lowest BCUT2D eigenvalue weighted by molar-refractivity contribution is -0.124. The molecule has 124 valence electrons. The van der Waals surface area contributed by atoms with Crippen LogP contribution in [0.3, 0.4) is 0 Å². The van der Waals surface area contributed by atoms with Gasteiger partial charge in [0.1, 0.15) is 6.10 Å². The highest BCUT2D eigenvalue weighted by atomic mass is 127. The number of carbonyl (C=O) groups excluding carboxylic acids is 2. The summed E-state index contributed by atoms with van der Waals surface area (Å²) in [4.78, 5) is 24.2. The second kappa shape index (κ2) is 7.76. The van der Waals surface area contributed by atoms with E-state index in [9.17, 15) is 9.59 Å². The number of ether oxygens (including phenoxy) is 1. The van der Waals surface area contributed by atoms with E-state index in [1.807, 2.05) is 18.2 Å². The molecule has 0 saturated carbocycles. The fourth-order valence-electron chi connectivity index (χ4n) is 2.48. The van der Waals surface area contributed by atoms with Crippen LogP contribution in [0, 0.1) is 3.57 Å². The van der Waals surface area contributed by atoms with E-state index in [1.165, 1.54) is 0 Å². The number of rotatable bonds is 4. The molecular formula is C18H17IN2O3. The Hall–Kier alpha value is -1.93. The predicted octanol–water partition coefficient (Wildman–Crippen LogP) is 3.66. The zero-order valence-electron chi connectivity index (χ0n) is 12.9. The van der Waals surface area contributed by atoms with Crippen LogP contribution in [0.2, 0.25) is 0 Å². The van der Waals surface area contributed by atoms with E-state index >= 15 is 0 Å². The number of amides is 2. The van der Waals surface area contributed by atoms with Gasteiger partial charge in [-0.1, -0.05) is 6.07 Å². The Morgan fingerprint density at radius 2 is 1.75 bits per heavy atom. The normalized spacial score (nSPS) is 16.6.